The molecule has 0 unspecified atom stereocenters. The Morgan fingerprint density at radius 1 is 1.09 bits per heavy atom. The molecular formula is C22H27ClFN3O4S. The van der Waals surface area contributed by atoms with Crippen molar-refractivity contribution in [3.05, 3.63) is 53.3 Å². The van der Waals surface area contributed by atoms with Gasteiger partial charge in [-0.15, -0.1) is 0 Å². The van der Waals surface area contributed by atoms with Crippen LogP contribution in [0.5, 0.6) is 5.75 Å². The van der Waals surface area contributed by atoms with Crippen molar-refractivity contribution in [2.75, 3.05) is 50.8 Å². The molecule has 1 aliphatic rings. The highest BCUT2D eigenvalue weighted by Crippen LogP contribution is 2.29. The summed E-state index contributed by atoms with van der Waals surface area (Å²) in [5.74, 6) is -0.144. The largest absolute Gasteiger partial charge is 0.492 e. The van der Waals surface area contributed by atoms with Gasteiger partial charge in [-0.2, -0.15) is 4.31 Å². The van der Waals surface area contributed by atoms with Crippen molar-refractivity contribution in [3.8, 4) is 5.75 Å². The van der Waals surface area contributed by atoms with E-state index in [0.717, 1.165) is 9.99 Å². The Morgan fingerprint density at radius 3 is 2.31 bits per heavy atom. The average molecular weight is 484 g/mol. The van der Waals surface area contributed by atoms with E-state index in [1.807, 2.05) is 6.92 Å². The van der Waals surface area contributed by atoms with Crippen LogP contribution in [0.3, 0.4) is 0 Å². The van der Waals surface area contributed by atoms with Gasteiger partial charge in [0.1, 0.15) is 11.6 Å². The maximum absolute atomic E-state index is 13.1. The molecule has 0 saturated carbocycles. The summed E-state index contributed by atoms with van der Waals surface area (Å²) in [5.41, 5.74) is 0.892. The van der Waals surface area contributed by atoms with Gasteiger partial charge in [-0.3, -0.25) is 4.79 Å². The molecule has 0 atom stereocenters. The smallest absolute Gasteiger partial charge is 0.243 e. The van der Waals surface area contributed by atoms with Gasteiger partial charge >= 0.3 is 0 Å². The van der Waals surface area contributed by atoms with Crippen LogP contribution in [0.1, 0.15) is 13.8 Å². The summed E-state index contributed by atoms with van der Waals surface area (Å²) in [6, 6.07) is 10.5. The molecule has 0 aromatic heterocycles. The van der Waals surface area contributed by atoms with E-state index < -0.39 is 10.0 Å². The quantitative estimate of drug-likeness (QED) is 0.576. The summed E-state index contributed by atoms with van der Waals surface area (Å²) >= 11 is 6.15. The van der Waals surface area contributed by atoms with E-state index in [9.17, 15) is 17.6 Å². The van der Waals surface area contributed by atoms with E-state index in [-0.39, 0.29) is 34.7 Å². The topological polar surface area (TPSA) is 70.2 Å². The second kappa shape index (κ2) is 10.5. The number of amides is 1. The second-order valence-corrected chi connectivity index (χ2v) is 9.65. The molecule has 0 spiro atoms. The normalized spacial score (nSPS) is 14.7. The number of rotatable bonds is 8. The molecule has 32 heavy (non-hydrogen) atoms. The van der Waals surface area contributed by atoms with Crippen LogP contribution < -0.4 is 9.64 Å². The number of hydrogen-bond donors (Lipinski definition) is 0. The second-order valence-electron chi connectivity index (χ2n) is 7.30. The summed E-state index contributed by atoms with van der Waals surface area (Å²) in [6.45, 7) is 5.91. The molecule has 174 valence electrons. The van der Waals surface area contributed by atoms with Crippen LogP contribution in [-0.2, 0) is 14.8 Å². The van der Waals surface area contributed by atoms with Crippen molar-refractivity contribution < 1.29 is 22.3 Å². The standard InChI is InChI=1S/C22H27ClFN3O4S/c1-3-27(32(29,30)19-9-10-21(31-4-2)20(23)15-19)16-22(28)26-13-11-25(12-14-26)18-7-5-17(24)6-8-18/h5-10,15H,3-4,11-14,16H2,1-2H3. The molecule has 0 bridgehead atoms. The predicted molar refractivity (Wildman–Crippen MR) is 122 cm³/mol. The van der Waals surface area contributed by atoms with Gasteiger partial charge in [-0.25, -0.2) is 12.8 Å². The van der Waals surface area contributed by atoms with Crippen LogP contribution in [0.15, 0.2) is 47.4 Å². The van der Waals surface area contributed by atoms with Gasteiger partial charge in [0.15, 0.2) is 0 Å². The van der Waals surface area contributed by atoms with Gasteiger partial charge in [-0.1, -0.05) is 18.5 Å². The van der Waals surface area contributed by atoms with Gasteiger partial charge in [0, 0.05) is 38.4 Å². The molecule has 2 aromatic carbocycles. The first-order chi connectivity index (χ1) is 15.3. The Kier molecular flexibility index (Phi) is 7.97. The number of hydrogen-bond acceptors (Lipinski definition) is 5. The summed E-state index contributed by atoms with van der Waals surface area (Å²) in [7, 11) is -3.90. The lowest BCUT2D eigenvalue weighted by atomic mass is 10.2. The van der Waals surface area contributed by atoms with Crippen molar-refractivity contribution in [2.24, 2.45) is 0 Å². The summed E-state index contributed by atoms with van der Waals surface area (Å²) in [4.78, 5) is 16.6. The van der Waals surface area contributed by atoms with Crippen LogP contribution >= 0.6 is 11.6 Å². The first kappa shape index (κ1) is 24.3. The van der Waals surface area contributed by atoms with E-state index in [0.29, 0.717) is 38.5 Å². The van der Waals surface area contributed by atoms with E-state index in [1.165, 1.54) is 30.3 Å². The lowest BCUT2D eigenvalue weighted by molar-refractivity contribution is -0.131. The average Bonchev–Trinajstić information content (AvgIpc) is 2.79. The highest BCUT2D eigenvalue weighted by atomic mass is 35.5. The third-order valence-corrected chi connectivity index (χ3v) is 7.54. The third kappa shape index (κ3) is 5.51. The van der Waals surface area contributed by atoms with Gasteiger partial charge < -0.3 is 14.5 Å². The number of carbonyl (C=O) groups is 1. The number of benzene rings is 2. The van der Waals surface area contributed by atoms with Crippen LogP contribution in [0.4, 0.5) is 10.1 Å². The lowest BCUT2D eigenvalue weighted by Crippen LogP contribution is -2.51. The van der Waals surface area contributed by atoms with Crippen molar-refractivity contribution in [2.45, 2.75) is 18.7 Å². The minimum absolute atomic E-state index is 0.0155. The molecule has 1 heterocycles. The maximum atomic E-state index is 13.1. The maximum Gasteiger partial charge on any atom is 0.243 e. The molecule has 1 amide bonds. The number of carbonyl (C=O) groups excluding carboxylic acids is 1. The number of ether oxygens (including phenoxy) is 1. The van der Waals surface area contributed by atoms with E-state index >= 15 is 0 Å². The van der Waals surface area contributed by atoms with Crippen LogP contribution in [0, 0.1) is 5.82 Å². The molecule has 0 aliphatic carbocycles. The minimum atomic E-state index is -3.90. The van der Waals surface area contributed by atoms with Gasteiger partial charge in [0.25, 0.3) is 0 Å². The molecule has 7 nitrogen and oxygen atoms in total. The van der Waals surface area contributed by atoms with E-state index in [1.54, 1.807) is 24.0 Å². The number of halogens is 2. The van der Waals surface area contributed by atoms with Crippen molar-refractivity contribution >= 4 is 33.2 Å². The van der Waals surface area contributed by atoms with Gasteiger partial charge in [0.2, 0.25) is 15.9 Å². The Bertz CT molecular complexity index is 1040. The summed E-state index contributed by atoms with van der Waals surface area (Å²) < 4.78 is 45.8. The molecule has 3 rings (SSSR count). The molecule has 10 heteroatoms. The number of likely N-dealkylation sites (N-methyl/N-ethyl adjacent to an activating group) is 1. The molecular weight excluding hydrogens is 457 g/mol. The Morgan fingerprint density at radius 2 is 1.75 bits per heavy atom. The lowest BCUT2D eigenvalue weighted by Gasteiger charge is -2.36. The van der Waals surface area contributed by atoms with Crippen molar-refractivity contribution in [1.29, 1.82) is 0 Å². The van der Waals surface area contributed by atoms with Crippen LogP contribution in [-0.4, -0.2) is 69.4 Å². The number of piperazine rings is 1. The first-order valence-electron chi connectivity index (χ1n) is 10.5. The predicted octanol–water partition coefficient (Wildman–Crippen LogP) is 3.24. The van der Waals surface area contributed by atoms with E-state index in [2.05, 4.69) is 4.90 Å². The van der Waals surface area contributed by atoms with Gasteiger partial charge in [-0.05, 0) is 49.4 Å². The molecule has 0 radical (unpaired) electrons. The number of anilines is 1. The van der Waals surface area contributed by atoms with Gasteiger partial charge in [0.05, 0.1) is 23.1 Å². The Balaban J connectivity index is 1.64. The Labute approximate surface area is 193 Å². The first-order valence-corrected chi connectivity index (χ1v) is 12.3. The van der Waals surface area contributed by atoms with Crippen LogP contribution in [0.25, 0.3) is 0 Å². The van der Waals surface area contributed by atoms with Crippen LogP contribution in [0.2, 0.25) is 5.02 Å². The third-order valence-electron chi connectivity index (χ3n) is 5.33. The van der Waals surface area contributed by atoms with E-state index in [4.69, 9.17) is 16.3 Å². The Hall–Kier alpha value is -2.36. The summed E-state index contributed by atoms with van der Waals surface area (Å²) in [5, 5.41) is 0.201. The zero-order valence-corrected chi connectivity index (χ0v) is 19.7. The molecule has 0 N–H and O–H groups in total. The fraction of sp³-hybridized carbons (Fsp3) is 0.409. The summed E-state index contributed by atoms with van der Waals surface area (Å²) in [6.07, 6.45) is 0. The fourth-order valence-corrected chi connectivity index (χ4v) is 5.27. The molecule has 1 fully saturated rings. The molecule has 2 aromatic rings. The zero-order chi connectivity index (χ0) is 23.3. The minimum Gasteiger partial charge on any atom is -0.492 e. The zero-order valence-electron chi connectivity index (χ0n) is 18.1. The highest BCUT2D eigenvalue weighted by Gasteiger charge is 2.29. The molecule has 1 aliphatic heterocycles. The highest BCUT2D eigenvalue weighted by molar-refractivity contribution is 7.89. The number of nitrogens with zero attached hydrogens (tertiary/aromatic N) is 3. The monoisotopic (exact) mass is 483 g/mol. The van der Waals surface area contributed by atoms with Crippen molar-refractivity contribution in [1.82, 2.24) is 9.21 Å². The van der Waals surface area contributed by atoms with Crippen molar-refractivity contribution in [3.63, 3.8) is 0 Å². The SMILES string of the molecule is CCOc1ccc(S(=O)(=O)N(CC)CC(=O)N2CCN(c3ccc(F)cc3)CC2)cc1Cl. The fourth-order valence-electron chi connectivity index (χ4n) is 3.55. The molecule has 1 saturated heterocycles. The number of sulfonamides is 1.